The number of hydrogen-bond acceptors (Lipinski definition) is 3. The van der Waals surface area contributed by atoms with Crippen LogP contribution in [-0.2, 0) is 4.74 Å². The largest absolute Gasteiger partial charge is 0.443 e. The average molecular weight is 254 g/mol. The molecule has 1 aromatic rings. The van der Waals surface area contributed by atoms with Crippen LogP contribution in [0.5, 0.6) is 0 Å². The summed E-state index contributed by atoms with van der Waals surface area (Å²) in [6, 6.07) is 6.71. The van der Waals surface area contributed by atoms with Gasteiger partial charge in [-0.1, -0.05) is 6.07 Å². The van der Waals surface area contributed by atoms with Crippen LogP contribution >= 0.6 is 0 Å². The highest BCUT2D eigenvalue weighted by Gasteiger charge is 2.23. The molecule has 0 heterocycles. The zero-order chi connectivity index (χ0) is 13.8. The van der Waals surface area contributed by atoms with Crippen molar-refractivity contribution in [3.63, 3.8) is 0 Å². The van der Waals surface area contributed by atoms with Gasteiger partial charge in [0.2, 0.25) is 0 Å². The van der Waals surface area contributed by atoms with Gasteiger partial charge < -0.3 is 10.5 Å². The minimum Gasteiger partial charge on any atom is -0.443 e. The number of halogens is 1. The van der Waals surface area contributed by atoms with E-state index in [4.69, 9.17) is 10.5 Å². The molecule has 5 heteroatoms. The van der Waals surface area contributed by atoms with Gasteiger partial charge in [-0.05, 0) is 39.0 Å². The van der Waals surface area contributed by atoms with Crippen molar-refractivity contribution in [3.8, 4) is 0 Å². The maximum atomic E-state index is 12.5. The normalized spacial score (nSPS) is 11.1. The monoisotopic (exact) mass is 254 g/mol. The van der Waals surface area contributed by atoms with E-state index in [1.54, 1.807) is 45.0 Å². The number of nitrogens with zero attached hydrogens (tertiary/aromatic N) is 1. The fourth-order valence-corrected chi connectivity index (χ4v) is 1.42. The molecule has 0 bridgehead atoms. The van der Waals surface area contributed by atoms with Crippen LogP contribution < -0.4 is 10.6 Å². The number of benzene rings is 1. The topological polar surface area (TPSA) is 55.6 Å². The number of carbonyl (C=O) groups is 1. The molecule has 0 saturated carbocycles. The molecule has 1 amide bonds. The Balaban J connectivity index is 2.92. The molecular formula is C13H19FN2O2. The van der Waals surface area contributed by atoms with Crippen molar-refractivity contribution < 1.29 is 13.9 Å². The average Bonchev–Trinajstić information content (AvgIpc) is 2.23. The van der Waals surface area contributed by atoms with Gasteiger partial charge in [0.15, 0.2) is 0 Å². The van der Waals surface area contributed by atoms with Crippen LogP contribution in [0, 0.1) is 0 Å². The Bertz CT molecular complexity index is 416. The highest BCUT2D eigenvalue weighted by Crippen LogP contribution is 2.20. The van der Waals surface area contributed by atoms with Crippen LogP contribution in [0.1, 0.15) is 20.8 Å². The molecule has 18 heavy (non-hydrogen) atoms. The first-order chi connectivity index (χ1) is 8.33. The van der Waals surface area contributed by atoms with Gasteiger partial charge in [-0.3, -0.25) is 4.90 Å². The molecule has 0 radical (unpaired) electrons. The second kappa shape index (κ2) is 5.71. The molecule has 1 rings (SSSR count). The van der Waals surface area contributed by atoms with Gasteiger partial charge in [-0.25, -0.2) is 9.18 Å². The summed E-state index contributed by atoms with van der Waals surface area (Å²) >= 11 is 0. The number of alkyl halides is 1. The molecule has 0 spiro atoms. The molecule has 0 fully saturated rings. The Hall–Kier alpha value is -1.78. The predicted molar refractivity (Wildman–Crippen MR) is 70.4 cm³/mol. The molecule has 0 aliphatic rings. The number of nitrogens with two attached hydrogens (primary N) is 1. The molecule has 2 N–H and O–H groups in total. The number of hydrogen-bond donors (Lipinski definition) is 1. The lowest BCUT2D eigenvalue weighted by Crippen LogP contribution is -2.38. The molecule has 0 unspecified atom stereocenters. The van der Waals surface area contributed by atoms with Crippen molar-refractivity contribution in [2.24, 2.45) is 0 Å². The number of nitrogen functional groups attached to an aromatic ring is 1. The Morgan fingerprint density at radius 2 is 2.11 bits per heavy atom. The molecule has 0 saturated heterocycles. The Labute approximate surface area is 107 Å². The van der Waals surface area contributed by atoms with Crippen LogP contribution in [0.15, 0.2) is 24.3 Å². The number of ether oxygens (including phenoxy) is 1. The molecule has 4 nitrogen and oxygen atoms in total. The molecule has 100 valence electrons. The summed E-state index contributed by atoms with van der Waals surface area (Å²) in [5.74, 6) is 0. The quantitative estimate of drug-likeness (QED) is 0.844. The van der Waals surface area contributed by atoms with Crippen LogP contribution in [0.25, 0.3) is 0 Å². The molecular weight excluding hydrogens is 235 g/mol. The first kappa shape index (κ1) is 14.3. The van der Waals surface area contributed by atoms with Crippen molar-refractivity contribution in [1.29, 1.82) is 0 Å². The van der Waals surface area contributed by atoms with Gasteiger partial charge >= 0.3 is 6.09 Å². The van der Waals surface area contributed by atoms with Gasteiger partial charge in [-0.2, -0.15) is 0 Å². The SMILES string of the molecule is CC(C)(C)OC(=O)N(CCF)c1cccc(N)c1. The summed E-state index contributed by atoms with van der Waals surface area (Å²) in [7, 11) is 0. The van der Waals surface area contributed by atoms with E-state index >= 15 is 0 Å². The van der Waals surface area contributed by atoms with E-state index in [1.165, 1.54) is 4.90 Å². The number of anilines is 2. The Kier molecular flexibility index (Phi) is 4.53. The fraction of sp³-hybridized carbons (Fsp3) is 0.462. The van der Waals surface area contributed by atoms with E-state index in [2.05, 4.69) is 0 Å². The molecule has 0 aliphatic carbocycles. The van der Waals surface area contributed by atoms with Crippen molar-refractivity contribution in [3.05, 3.63) is 24.3 Å². The van der Waals surface area contributed by atoms with Crippen molar-refractivity contribution >= 4 is 17.5 Å². The van der Waals surface area contributed by atoms with Gasteiger partial charge in [-0.15, -0.1) is 0 Å². The van der Waals surface area contributed by atoms with Crippen LogP contribution in [0.2, 0.25) is 0 Å². The van der Waals surface area contributed by atoms with Crippen LogP contribution in [-0.4, -0.2) is 24.9 Å². The van der Waals surface area contributed by atoms with E-state index < -0.39 is 18.4 Å². The summed E-state index contributed by atoms with van der Waals surface area (Å²) in [4.78, 5) is 13.2. The zero-order valence-electron chi connectivity index (χ0n) is 10.9. The second-order valence-corrected chi connectivity index (χ2v) is 4.92. The highest BCUT2D eigenvalue weighted by molar-refractivity contribution is 5.88. The first-order valence-electron chi connectivity index (χ1n) is 5.75. The second-order valence-electron chi connectivity index (χ2n) is 4.92. The van der Waals surface area contributed by atoms with Crippen molar-refractivity contribution in [2.75, 3.05) is 23.9 Å². The van der Waals surface area contributed by atoms with Gasteiger partial charge in [0.1, 0.15) is 12.3 Å². The maximum absolute atomic E-state index is 12.5. The van der Waals surface area contributed by atoms with E-state index in [0.717, 1.165) is 0 Å². The minimum atomic E-state index is -0.645. The number of amides is 1. The summed E-state index contributed by atoms with van der Waals surface area (Å²) in [6.45, 7) is 4.58. The Morgan fingerprint density at radius 1 is 1.44 bits per heavy atom. The molecule has 0 aromatic heterocycles. The summed E-state index contributed by atoms with van der Waals surface area (Å²) in [6.07, 6.45) is -0.578. The van der Waals surface area contributed by atoms with Crippen molar-refractivity contribution in [1.82, 2.24) is 0 Å². The van der Waals surface area contributed by atoms with Crippen molar-refractivity contribution in [2.45, 2.75) is 26.4 Å². The van der Waals surface area contributed by atoms with E-state index in [1.807, 2.05) is 0 Å². The van der Waals surface area contributed by atoms with E-state index in [9.17, 15) is 9.18 Å². The number of carbonyl (C=O) groups excluding carboxylic acids is 1. The molecule has 1 aromatic carbocycles. The lowest BCUT2D eigenvalue weighted by Gasteiger charge is -2.26. The summed E-state index contributed by atoms with van der Waals surface area (Å²) in [5, 5.41) is 0. The van der Waals surface area contributed by atoms with E-state index in [0.29, 0.717) is 11.4 Å². The van der Waals surface area contributed by atoms with E-state index in [-0.39, 0.29) is 6.54 Å². The third-order valence-corrected chi connectivity index (χ3v) is 2.10. The highest BCUT2D eigenvalue weighted by atomic mass is 19.1. The third-order valence-electron chi connectivity index (χ3n) is 2.10. The fourth-order valence-electron chi connectivity index (χ4n) is 1.42. The molecule has 0 aliphatic heterocycles. The third kappa shape index (κ3) is 4.24. The lowest BCUT2D eigenvalue weighted by atomic mass is 10.2. The first-order valence-corrected chi connectivity index (χ1v) is 5.75. The summed E-state index contributed by atoms with van der Waals surface area (Å²) < 4.78 is 17.8. The smallest absolute Gasteiger partial charge is 0.414 e. The zero-order valence-corrected chi connectivity index (χ0v) is 10.9. The molecule has 0 atom stereocenters. The number of rotatable bonds is 3. The maximum Gasteiger partial charge on any atom is 0.414 e. The lowest BCUT2D eigenvalue weighted by molar-refractivity contribution is 0.0578. The predicted octanol–water partition coefficient (Wildman–Crippen LogP) is 2.98. The van der Waals surface area contributed by atoms with Gasteiger partial charge in [0.05, 0.1) is 6.54 Å². The van der Waals surface area contributed by atoms with Crippen LogP contribution in [0.4, 0.5) is 20.6 Å². The van der Waals surface area contributed by atoms with Crippen LogP contribution in [0.3, 0.4) is 0 Å². The standard InChI is InChI=1S/C13H19FN2O2/c1-13(2,3)18-12(17)16(8-7-14)11-6-4-5-10(15)9-11/h4-6,9H,7-8,15H2,1-3H3. The Morgan fingerprint density at radius 3 is 2.61 bits per heavy atom. The summed E-state index contributed by atoms with van der Waals surface area (Å²) in [5.41, 5.74) is 6.07. The minimum absolute atomic E-state index is 0.0572. The van der Waals surface area contributed by atoms with Gasteiger partial charge in [0.25, 0.3) is 0 Å². The van der Waals surface area contributed by atoms with Gasteiger partial charge in [0, 0.05) is 11.4 Å².